The number of benzene rings is 2. The smallest absolute Gasteiger partial charge is 0.143 e. The van der Waals surface area contributed by atoms with Crippen molar-refractivity contribution in [3.63, 3.8) is 0 Å². The molecule has 0 unspecified atom stereocenters. The minimum Gasteiger partial charge on any atom is -0.338 e. The number of rotatable bonds is 3. The third-order valence-electron chi connectivity index (χ3n) is 4.15. The van der Waals surface area contributed by atoms with Crippen LogP contribution < -0.4 is 5.32 Å². The van der Waals surface area contributed by atoms with Crippen LogP contribution in [0.2, 0.25) is 10.0 Å². The maximum absolute atomic E-state index is 13.4. The summed E-state index contributed by atoms with van der Waals surface area (Å²) >= 11 is 14.0. The number of aromatic nitrogens is 2. The van der Waals surface area contributed by atoms with E-state index in [4.69, 9.17) is 23.2 Å². The first-order valence-electron chi connectivity index (χ1n) is 8.18. The van der Waals surface area contributed by atoms with Crippen molar-refractivity contribution in [3.8, 4) is 11.1 Å². The van der Waals surface area contributed by atoms with Crippen LogP contribution in [0.25, 0.3) is 21.3 Å². The van der Waals surface area contributed by atoms with Gasteiger partial charge in [-0.15, -0.1) is 11.3 Å². The largest absolute Gasteiger partial charge is 0.338 e. The zero-order valence-corrected chi connectivity index (χ0v) is 16.8. The number of fused-ring (bicyclic) bond motifs is 1. The van der Waals surface area contributed by atoms with Crippen LogP contribution in [0.5, 0.6) is 0 Å². The fourth-order valence-electron chi connectivity index (χ4n) is 2.99. The molecule has 2 aromatic carbocycles. The zero-order chi connectivity index (χ0) is 19.1. The third kappa shape index (κ3) is 3.50. The molecule has 27 heavy (non-hydrogen) atoms. The summed E-state index contributed by atoms with van der Waals surface area (Å²) < 4.78 is 13.4. The molecule has 2 aromatic heterocycles. The van der Waals surface area contributed by atoms with Crippen LogP contribution in [-0.2, 0) is 0 Å². The molecule has 0 atom stereocenters. The fourth-order valence-corrected chi connectivity index (χ4v) is 4.42. The number of hydrogen-bond donors (Lipinski definition) is 1. The van der Waals surface area contributed by atoms with Gasteiger partial charge in [0.25, 0.3) is 0 Å². The van der Waals surface area contributed by atoms with E-state index in [9.17, 15) is 4.39 Å². The first-order valence-corrected chi connectivity index (χ1v) is 9.75. The molecule has 3 nitrogen and oxygen atoms in total. The van der Waals surface area contributed by atoms with E-state index >= 15 is 0 Å². The molecule has 0 spiro atoms. The number of aryl methyl sites for hydroxylation is 2. The van der Waals surface area contributed by atoms with Crippen LogP contribution in [0.3, 0.4) is 0 Å². The van der Waals surface area contributed by atoms with Crippen LogP contribution in [0.4, 0.5) is 15.9 Å². The van der Waals surface area contributed by atoms with Crippen molar-refractivity contribution in [2.45, 2.75) is 13.8 Å². The average molecular weight is 418 g/mol. The summed E-state index contributed by atoms with van der Waals surface area (Å²) in [5.74, 6) is 1.02. The Labute approximate surface area is 169 Å². The first kappa shape index (κ1) is 18.2. The van der Waals surface area contributed by atoms with Crippen molar-refractivity contribution in [2.24, 2.45) is 0 Å². The standard InChI is InChI=1S/C20H14Cl2FN3S/c1-10-17(12-3-6-14(23)7-4-12)18-19(24-11(2)25-20(18)27-10)26-16-9-13(21)5-8-15(16)22/h3-9H,1-2H3,(H,24,25,26). The van der Waals surface area contributed by atoms with Gasteiger partial charge in [-0.2, -0.15) is 0 Å². The van der Waals surface area contributed by atoms with Crippen LogP contribution in [0.15, 0.2) is 42.5 Å². The van der Waals surface area contributed by atoms with Gasteiger partial charge in [-0.25, -0.2) is 14.4 Å². The SMILES string of the molecule is Cc1nc(Nc2cc(Cl)ccc2Cl)c2c(-c3ccc(F)cc3)c(C)sc2n1. The lowest BCUT2D eigenvalue weighted by Crippen LogP contribution is -1.99. The molecule has 0 amide bonds. The highest BCUT2D eigenvalue weighted by Gasteiger charge is 2.18. The average Bonchev–Trinajstić information content (AvgIpc) is 2.94. The van der Waals surface area contributed by atoms with Crippen molar-refractivity contribution in [1.29, 1.82) is 0 Å². The second-order valence-electron chi connectivity index (χ2n) is 6.09. The summed E-state index contributed by atoms with van der Waals surface area (Å²) in [5, 5.41) is 5.29. The van der Waals surface area contributed by atoms with Crippen LogP contribution in [-0.4, -0.2) is 9.97 Å². The third-order valence-corrected chi connectivity index (χ3v) is 5.72. The molecule has 0 aliphatic heterocycles. The van der Waals surface area contributed by atoms with E-state index in [0.717, 1.165) is 26.2 Å². The molecule has 0 aliphatic rings. The molecule has 4 aromatic rings. The molecule has 1 N–H and O–H groups in total. The van der Waals surface area contributed by atoms with Crippen LogP contribution >= 0.6 is 34.5 Å². The van der Waals surface area contributed by atoms with Crippen LogP contribution in [0.1, 0.15) is 10.7 Å². The summed E-state index contributed by atoms with van der Waals surface area (Å²) in [5.41, 5.74) is 2.56. The van der Waals surface area contributed by atoms with Gasteiger partial charge < -0.3 is 5.32 Å². The van der Waals surface area contributed by atoms with Crippen molar-refractivity contribution in [3.05, 3.63) is 69.0 Å². The number of anilines is 2. The van der Waals surface area contributed by atoms with E-state index in [0.29, 0.717) is 27.4 Å². The normalized spacial score (nSPS) is 11.1. The fraction of sp³-hybridized carbons (Fsp3) is 0.100. The molecule has 0 aliphatic carbocycles. The van der Waals surface area contributed by atoms with E-state index in [-0.39, 0.29) is 5.82 Å². The van der Waals surface area contributed by atoms with Gasteiger partial charge in [0.15, 0.2) is 0 Å². The lowest BCUT2D eigenvalue weighted by atomic mass is 10.0. The summed E-state index contributed by atoms with van der Waals surface area (Å²) in [6.45, 7) is 3.87. The van der Waals surface area contributed by atoms with Gasteiger partial charge in [-0.05, 0) is 49.7 Å². The molecule has 4 rings (SSSR count). The molecule has 136 valence electrons. The predicted molar refractivity (Wildman–Crippen MR) is 112 cm³/mol. The quantitative estimate of drug-likeness (QED) is 0.383. The number of halogens is 3. The van der Waals surface area contributed by atoms with Gasteiger partial charge >= 0.3 is 0 Å². The minimum atomic E-state index is -0.271. The van der Waals surface area contributed by atoms with Crippen LogP contribution in [0, 0.1) is 19.7 Å². The Hall–Kier alpha value is -2.21. The summed E-state index contributed by atoms with van der Waals surface area (Å²) in [4.78, 5) is 11.1. The maximum Gasteiger partial charge on any atom is 0.143 e. The molecule has 2 heterocycles. The first-order chi connectivity index (χ1) is 12.9. The number of thiophene rings is 1. The lowest BCUT2D eigenvalue weighted by Gasteiger charge is -2.12. The summed E-state index contributed by atoms with van der Waals surface area (Å²) in [6, 6.07) is 11.7. The highest BCUT2D eigenvalue weighted by molar-refractivity contribution is 7.19. The topological polar surface area (TPSA) is 37.8 Å². The second kappa shape index (κ2) is 7.08. The highest BCUT2D eigenvalue weighted by Crippen LogP contribution is 2.42. The molecular formula is C20H14Cl2FN3S. The summed E-state index contributed by atoms with van der Waals surface area (Å²) in [7, 11) is 0. The Morgan fingerprint density at radius 2 is 1.74 bits per heavy atom. The van der Waals surface area contributed by atoms with Gasteiger partial charge in [0.1, 0.15) is 22.3 Å². The Morgan fingerprint density at radius 3 is 2.48 bits per heavy atom. The van der Waals surface area contributed by atoms with Crippen molar-refractivity contribution in [2.75, 3.05) is 5.32 Å². The molecule has 0 radical (unpaired) electrons. The highest BCUT2D eigenvalue weighted by atomic mass is 35.5. The Bertz CT molecular complexity index is 1160. The predicted octanol–water partition coefficient (Wildman–Crippen LogP) is 7.16. The molecule has 0 fully saturated rings. The maximum atomic E-state index is 13.4. The Balaban J connectivity index is 1.94. The number of nitrogens with zero attached hydrogens (tertiary/aromatic N) is 2. The number of nitrogens with one attached hydrogen (secondary N) is 1. The Morgan fingerprint density at radius 1 is 1.00 bits per heavy atom. The van der Waals surface area contributed by atoms with Gasteiger partial charge in [0.2, 0.25) is 0 Å². The van der Waals surface area contributed by atoms with Gasteiger partial charge in [-0.3, -0.25) is 0 Å². The minimum absolute atomic E-state index is 0.271. The van der Waals surface area contributed by atoms with Crippen molar-refractivity contribution < 1.29 is 4.39 Å². The lowest BCUT2D eigenvalue weighted by molar-refractivity contribution is 0.628. The molecule has 0 saturated carbocycles. The van der Waals surface area contributed by atoms with E-state index in [1.807, 2.05) is 13.8 Å². The van der Waals surface area contributed by atoms with Gasteiger partial charge in [-0.1, -0.05) is 35.3 Å². The van der Waals surface area contributed by atoms with Crippen molar-refractivity contribution in [1.82, 2.24) is 9.97 Å². The van der Waals surface area contributed by atoms with E-state index in [2.05, 4.69) is 15.3 Å². The van der Waals surface area contributed by atoms with Gasteiger partial charge in [0, 0.05) is 15.5 Å². The Kier molecular flexibility index (Phi) is 4.76. The van der Waals surface area contributed by atoms with E-state index in [1.54, 1.807) is 41.7 Å². The number of hydrogen-bond acceptors (Lipinski definition) is 4. The zero-order valence-electron chi connectivity index (χ0n) is 14.5. The molecule has 0 saturated heterocycles. The van der Waals surface area contributed by atoms with Crippen molar-refractivity contribution >= 4 is 56.3 Å². The summed E-state index contributed by atoms with van der Waals surface area (Å²) in [6.07, 6.45) is 0. The molecular weight excluding hydrogens is 404 g/mol. The monoisotopic (exact) mass is 417 g/mol. The van der Waals surface area contributed by atoms with E-state index < -0.39 is 0 Å². The van der Waals surface area contributed by atoms with Gasteiger partial charge in [0.05, 0.1) is 16.1 Å². The second-order valence-corrected chi connectivity index (χ2v) is 8.14. The van der Waals surface area contributed by atoms with E-state index in [1.165, 1.54) is 12.1 Å². The molecule has 7 heteroatoms. The molecule has 0 bridgehead atoms.